The molecule has 1 heteroatoms. The maximum atomic E-state index is 4.21. The second-order valence-electron chi connectivity index (χ2n) is 3.85. The van der Waals surface area contributed by atoms with E-state index in [4.69, 9.17) is 0 Å². The van der Waals surface area contributed by atoms with Gasteiger partial charge in [0.2, 0.25) is 0 Å². The van der Waals surface area contributed by atoms with Crippen LogP contribution in [0.3, 0.4) is 0 Å². The number of hydrogen-bond acceptors (Lipinski definition) is 1. The molecule has 0 amide bonds. The van der Waals surface area contributed by atoms with E-state index in [0.717, 1.165) is 12.5 Å². The minimum Gasteiger partial charge on any atom is -0.297 e. The van der Waals surface area contributed by atoms with Crippen LogP contribution in [-0.4, -0.2) is 12.8 Å². The number of aliphatic imine (C=N–C) groups is 1. The van der Waals surface area contributed by atoms with Crippen LogP contribution in [0.2, 0.25) is 0 Å². The van der Waals surface area contributed by atoms with Gasteiger partial charge in [-0.1, -0.05) is 20.8 Å². The van der Waals surface area contributed by atoms with Gasteiger partial charge in [0.15, 0.2) is 0 Å². The SMILES string of the molecule is CC(C)(C)C1CC=NC1. The predicted octanol–water partition coefficient (Wildman–Crippen LogP) is 2.12. The largest absolute Gasteiger partial charge is 0.297 e. The van der Waals surface area contributed by atoms with E-state index in [-0.39, 0.29) is 0 Å². The Morgan fingerprint density at radius 3 is 2.33 bits per heavy atom. The summed E-state index contributed by atoms with van der Waals surface area (Å²) in [6.07, 6.45) is 3.24. The second-order valence-corrected chi connectivity index (χ2v) is 3.85. The van der Waals surface area contributed by atoms with Gasteiger partial charge in [-0.15, -0.1) is 0 Å². The van der Waals surface area contributed by atoms with Crippen molar-refractivity contribution in [2.45, 2.75) is 27.2 Å². The van der Waals surface area contributed by atoms with Gasteiger partial charge in [0.05, 0.1) is 0 Å². The molecule has 0 bridgehead atoms. The van der Waals surface area contributed by atoms with Crippen LogP contribution in [0.15, 0.2) is 4.99 Å². The summed E-state index contributed by atoms with van der Waals surface area (Å²) in [5.74, 6) is 0.789. The lowest BCUT2D eigenvalue weighted by Crippen LogP contribution is -2.20. The van der Waals surface area contributed by atoms with Crippen molar-refractivity contribution in [1.29, 1.82) is 0 Å². The molecule has 0 aromatic carbocycles. The average molecular weight is 125 g/mol. The quantitative estimate of drug-likeness (QED) is 0.470. The molecule has 0 saturated heterocycles. The lowest BCUT2D eigenvalue weighted by atomic mass is 9.80. The molecule has 52 valence electrons. The molecular weight excluding hydrogens is 110 g/mol. The average Bonchev–Trinajstić information content (AvgIpc) is 2.08. The van der Waals surface area contributed by atoms with Crippen LogP contribution in [-0.2, 0) is 0 Å². The van der Waals surface area contributed by atoms with Gasteiger partial charge in [-0.3, -0.25) is 4.99 Å². The fourth-order valence-electron chi connectivity index (χ4n) is 1.11. The maximum absolute atomic E-state index is 4.21. The first-order chi connectivity index (χ1) is 4.11. The minimum absolute atomic E-state index is 0.455. The van der Waals surface area contributed by atoms with Crippen molar-refractivity contribution >= 4 is 6.21 Å². The lowest BCUT2D eigenvalue weighted by molar-refractivity contribution is 0.266. The summed E-state index contributed by atoms with van der Waals surface area (Å²) in [4.78, 5) is 4.21. The molecule has 1 aliphatic rings. The van der Waals surface area contributed by atoms with Crippen LogP contribution in [0, 0.1) is 11.3 Å². The zero-order chi connectivity index (χ0) is 6.91. The van der Waals surface area contributed by atoms with E-state index in [9.17, 15) is 0 Å². The third-order valence-corrected chi connectivity index (χ3v) is 2.07. The standard InChI is InChI=1S/C8H15N/c1-8(2,3)7-4-5-9-6-7/h5,7H,4,6H2,1-3H3. The fraction of sp³-hybridized carbons (Fsp3) is 0.875. The third kappa shape index (κ3) is 1.54. The summed E-state index contributed by atoms with van der Waals surface area (Å²) in [6.45, 7) is 7.90. The molecule has 9 heavy (non-hydrogen) atoms. The molecule has 1 atom stereocenters. The van der Waals surface area contributed by atoms with Gasteiger partial charge < -0.3 is 0 Å². The molecule has 1 aliphatic heterocycles. The molecule has 0 aromatic heterocycles. The Kier molecular flexibility index (Phi) is 1.60. The van der Waals surface area contributed by atoms with E-state index in [1.54, 1.807) is 0 Å². The summed E-state index contributed by atoms with van der Waals surface area (Å²) in [5, 5.41) is 0. The highest BCUT2D eigenvalue weighted by molar-refractivity contribution is 5.60. The summed E-state index contributed by atoms with van der Waals surface area (Å²) >= 11 is 0. The van der Waals surface area contributed by atoms with Crippen molar-refractivity contribution in [3.05, 3.63) is 0 Å². The van der Waals surface area contributed by atoms with E-state index in [1.165, 1.54) is 6.42 Å². The highest BCUT2D eigenvalue weighted by atomic mass is 14.8. The van der Waals surface area contributed by atoms with E-state index in [0.29, 0.717) is 5.41 Å². The molecule has 1 rings (SSSR count). The summed E-state index contributed by atoms with van der Waals surface area (Å²) in [7, 11) is 0. The van der Waals surface area contributed by atoms with Gasteiger partial charge in [-0.25, -0.2) is 0 Å². The van der Waals surface area contributed by atoms with E-state index in [1.807, 2.05) is 0 Å². The Morgan fingerprint density at radius 1 is 1.44 bits per heavy atom. The van der Waals surface area contributed by atoms with Crippen LogP contribution >= 0.6 is 0 Å². The van der Waals surface area contributed by atoms with Crippen molar-refractivity contribution in [2.75, 3.05) is 6.54 Å². The summed E-state index contributed by atoms with van der Waals surface area (Å²) in [5.41, 5.74) is 0.455. The summed E-state index contributed by atoms with van der Waals surface area (Å²) in [6, 6.07) is 0. The zero-order valence-electron chi connectivity index (χ0n) is 6.52. The first-order valence-electron chi connectivity index (χ1n) is 3.59. The molecule has 0 aromatic rings. The van der Waals surface area contributed by atoms with Gasteiger partial charge in [-0.05, 0) is 24.0 Å². The number of hydrogen-bond donors (Lipinski definition) is 0. The highest BCUT2D eigenvalue weighted by Crippen LogP contribution is 2.30. The van der Waals surface area contributed by atoms with Gasteiger partial charge in [-0.2, -0.15) is 0 Å². The number of nitrogens with zero attached hydrogens (tertiary/aromatic N) is 1. The molecular formula is C8H15N. The Balaban J connectivity index is 2.46. The molecule has 1 nitrogen and oxygen atoms in total. The minimum atomic E-state index is 0.455. The van der Waals surface area contributed by atoms with E-state index >= 15 is 0 Å². The Morgan fingerprint density at radius 2 is 2.11 bits per heavy atom. The molecule has 0 radical (unpaired) electrons. The predicted molar refractivity (Wildman–Crippen MR) is 40.9 cm³/mol. The Hall–Kier alpha value is -0.330. The van der Waals surface area contributed by atoms with Gasteiger partial charge >= 0.3 is 0 Å². The van der Waals surface area contributed by atoms with Crippen LogP contribution in [0.4, 0.5) is 0 Å². The zero-order valence-corrected chi connectivity index (χ0v) is 6.52. The summed E-state index contributed by atoms with van der Waals surface area (Å²) < 4.78 is 0. The van der Waals surface area contributed by atoms with Crippen LogP contribution in [0.5, 0.6) is 0 Å². The molecule has 1 unspecified atom stereocenters. The molecule has 0 N–H and O–H groups in total. The van der Waals surface area contributed by atoms with Crippen molar-refractivity contribution in [3.8, 4) is 0 Å². The molecule has 0 fully saturated rings. The van der Waals surface area contributed by atoms with Crippen molar-refractivity contribution in [1.82, 2.24) is 0 Å². The van der Waals surface area contributed by atoms with Crippen molar-refractivity contribution in [3.63, 3.8) is 0 Å². The monoisotopic (exact) mass is 125 g/mol. The van der Waals surface area contributed by atoms with Crippen molar-refractivity contribution in [2.24, 2.45) is 16.3 Å². The van der Waals surface area contributed by atoms with Crippen molar-refractivity contribution < 1.29 is 0 Å². The molecule has 0 spiro atoms. The van der Waals surface area contributed by atoms with Crippen LogP contribution < -0.4 is 0 Å². The van der Waals surface area contributed by atoms with E-state index in [2.05, 4.69) is 32.0 Å². The first kappa shape index (κ1) is 6.79. The Bertz CT molecular complexity index is 111. The lowest BCUT2D eigenvalue weighted by Gasteiger charge is -2.25. The molecule has 0 saturated carbocycles. The smallest absolute Gasteiger partial charge is 0.0422 e. The normalized spacial score (nSPS) is 27.2. The Labute approximate surface area is 57.2 Å². The number of rotatable bonds is 0. The second kappa shape index (κ2) is 2.13. The van der Waals surface area contributed by atoms with Gasteiger partial charge in [0.25, 0.3) is 0 Å². The third-order valence-electron chi connectivity index (χ3n) is 2.07. The van der Waals surface area contributed by atoms with Crippen LogP contribution in [0.1, 0.15) is 27.2 Å². The van der Waals surface area contributed by atoms with E-state index < -0.39 is 0 Å². The van der Waals surface area contributed by atoms with Gasteiger partial charge in [0, 0.05) is 6.54 Å². The van der Waals surface area contributed by atoms with Crippen LogP contribution in [0.25, 0.3) is 0 Å². The molecule has 1 heterocycles. The fourth-order valence-corrected chi connectivity index (χ4v) is 1.11. The highest BCUT2D eigenvalue weighted by Gasteiger charge is 2.25. The van der Waals surface area contributed by atoms with Gasteiger partial charge in [0.1, 0.15) is 0 Å². The first-order valence-corrected chi connectivity index (χ1v) is 3.59. The topological polar surface area (TPSA) is 12.4 Å². The maximum Gasteiger partial charge on any atom is 0.0422 e. The molecule has 0 aliphatic carbocycles.